The highest BCUT2D eigenvalue weighted by molar-refractivity contribution is 7.18. The van der Waals surface area contributed by atoms with Gasteiger partial charge in [0.15, 0.2) is 0 Å². The number of thiophene rings is 1. The molecule has 4 nitrogen and oxygen atoms in total. The molecule has 1 aliphatic carbocycles. The number of anilines is 2. The number of rotatable bonds is 4. The first-order valence-electron chi connectivity index (χ1n) is 7.32. The molecule has 110 valence electrons. The summed E-state index contributed by atoms with van der Waals surface area (Å²) in [5, 5.41) is 5.60. The summed E-state index contributed by atoms with van der Waals surface area (Å²) in [6.07, 6.45) is 8.29. The van der Waals surface area contributed by atoms with E-state index in [4.69, 9.17) is 5.73 Å². The van der Waals surface area contributed by atoms with Gasteiger partial charge in [-0.1, -0.05) is 24.3 Å². The minimum Gasteiger partial charge on any atom is -0.399 e. The first-order valence-corrected chi connectivity index (χ1v) is 8.20. The fourth-order valence-electron chi connectivity index (χ4n) is 2.30. The van der Waals surface area contributed by atoms with Crippen molar-refractivity contribution in [1.29, 1.82) is 0 Å². The van der Waals surface area contributed by atoms with E-state index < -0.39 is 0 Å². The normalized spacial score (nSPS) is 14.7. The maximum absolute atomic E-state index is 5.71. The van der Waals surface area contributed by atoms with Crippen LogP contribution in [0.5, 0.6) is 0 Å². The minimum atomic E-state index is 0.592. The summed E-state index contributed by atoms with van der Waals surface area (Å²) >= 11 is 1.69. The van der Waals surface area contributed by atoms with E-state index in [1.54, 1.807) is 17.7 Å². The smallest absolute Gasteiger partial charge is 0.147 e. The van der Waals surface area contributed by atoms with E-state index in [9.17, 15) is 0 Å². The summed E-state index contributed by atoms with van der Waals surface area (Å²) in [7, 11) is 0. The van der Waals surface area contributed by atoms with E-state index in [0.29, 0.717) is 6.04 Å². The molecule has 0 bridgehead atoms. The summed E-state index contributed by atoms with van der Waals surface area (Å²) in [6, 6.07) is 8.43. The molecule has 0 radical (unpaired) electrons. The maximum atomic E-state index is 5.71. The fourth-order valence-corrected chi connectivity index (χ4v) is 3.24. The van der Waals surface area contributed by atoms with Crippen LogP contribution in [0.1, 0.15) is 24.0 Å². The second-order valence-electron chi connectivity index (χ2n) is 5.51. The molecule has 0 spiro atoms. The second-order valence-corrected chi connectivity index (χ2v) is 6.39. The van der Waals surface area contributed by atoms with Crippen molar-refractivity contribution in [3.63, 3.8) is 0 Å². The highest BCUT2D eigenvalue weighted by Gasteiger charge is 2.22. The third-order valence-corrected chi connectivity index (χ3v) is 4.69. The molecule has 0 unspecified atom stereocenters. The Morgan fingerprint density at radius 2 is 1.95 bits per heavy atom. The summed E-state index contributed by atoms with van der Waals surface area (Å²) in [5.41, 5.74) is 9.74. The molecule has 1 aromatic carbocycles. The molecule has 2 aromatic heterocycles. The molecular formula is C17H16N4S. The van der Waals surface area contributed by atoms with E-state index >= 15 is 0 Å². The lowest BCUT2D eigenvalue weighted by Crippen LogP contribution is -2.03. The first kappa shape index (κ1) is 13.3. The van der Waals surface area contributed by atoms with Crippen molar-refractivity contribution >= 4 is 45.2 Å². The molecule has 4 rings (SSSR count). The third kappa shape index (κ3) is 2.67. The summed E-state index contributed by atoms with van der Waals surface area (Å²) in [4.78, 5) is 8.82. The van der Waals surface area contributed by atoms with Crippen molar-refractivity contribution in [3.05, 3.63) is 47.1 Å². The summed E-state index contributed by atoms with van der Waals surface area (Å²) < 4.78 is 1.13. The van der Waals surface area contributed by atoms with Gasteiger partial charge in [0.2, 0.25) is 0 Å². The quantitative estimate of drug-likeness (QED) is 0.715. The molecule has 1 fully saturated rings. The van der Waals surface area contributed by atoms with Crippen molar-refractivity contribution in [3.8, 4) is 0 Å². The van der Waals surface area contributed by atoms with Crippen LogP contribution >= 0.6 is 11.3 Å². The standard InChI is InChI=1S/C17H16N4S/c18-13-5-2-11(3-6-13)1-4-12-9-22-16-15(12)19-10-20-17(16)21-14-7-8-14/h1-6,9-10,14H,7-8,18H2,(H,19,20,21). The van der Waals surface area contributed by atoms with Crippen molar-refractivity contribution in [2.45, 2.75) is 18.9 Å². The Bertz CT molecular complexity index is 831. The molecule has 1 saturated carbocycles. The fraction of sp³-hybridized carbons (Fsp3) is 0.176. The van der Waals surface area contributed by atoms with Gasteiger partial charge in [0.1, 0.15) is 12.1 Å². The molecule has 3 N–H and O–H groups in total. The van der Waals surface area contributed by atoms with Crippen molar-refractivity contribution in [2.24, 2.45) is 0 Å². The lowest BCUT2D eigenvalue weighted by Gasteiger charge is -2.03. The van der Waals surface area contributed by atoms with Gasteiger partial charge in [-0.3, -0.25) is 0 Å². The average molecular weight is 308 g/mol. The number of nitrogen functional groups attached to an aromatic ring is 1. The van der Waals surface area contributed by atoms with Gasteiger partial charge < -0.3 is 11.1 Å². The topological polar surface area (TPSA) is 63.8 Å². The molecule has 0 saturated heterocycles. The van der Waals surface area contributed by atoms with E-state index in [1.807, 2.05) is 24.3 Å². The number of nitrogens with zero attached hydrogens (tertiary/aromatic N) is 2. The molecule has 0 aliphatic heterocycles. The molecule has 3 aromatic rings. The van der Waals surface area contributed by atoms with Crippen LogP contribution in [0.15, 0.2) is 36.0 Å². The molecule has 0 atom stereocenters. The number of nitrogens with two attached hydrogens (primary N) is 1. The minimum absolute atomic E-state index is 0.592. The van der Waals surface area contributed by atoms with Crippen LogP contribution in [-0.4, -0.2) is 16.0 Å². The number of hydrogen-bond acceptors (Lipinski definition) is 5. The van der Waals surface area contributed by atoms with Crippen LogP contribution in [-0.2, 0) is 0 Å². The van der Waals surface area contributed by atoms with E-state index in [-0.39, 0.29) is 0 Å². The number of benzene rings is 1. The summed E-state index contributed by atoms with van der Waals surface area (Å²) in [5.74, 6) is 0.963. The molecule has 1 aliphatic rings. The predicted octanol–water partition coefficient (Wildman–Crippen LogP) is 4.02. The first-order chi connectivity index (χ1) is 10.8. The highest BCUT2D eigenvalue weighted by Crippen LogP contribution is 2.33. The third-order valence-electron chi connectivity index (χ3n) is 3.69. The van der Waals surface area contributed by atoms with E-state index in [1.165, 1.54) is 12.8 Å². The molecule has 5 heteroatoms. The van der Waals surface area contributed by atoms with Crippen LogP contribution in [0.25, 0.3) is 22.4 Å². The van der Waals surface area contributed by atoms with Gasteiger partial charge in [0.05, 0.1) is 10.2 Å². The zero-order valence-corrected chi connectivity index (χ0v) is 12.8. The largest absolute Gasteiger partial charge is 0.399 e. The van der Waals surface area contributed by atoms with Crippen molar-refractivity contribution in [1.82, 2.24) is 9.97 Å². The molecule has 0 amide bonds. The molecule has 2 heterocycles. The van der Waals surface area contributed by atoms with Crippen LogP contribution in [0.2, 0.25) is 0 Å². The van der Waals surface area contributed by atoms with Crippen LogP contribution in [0.4, 0.5) is 11.5 Å². The van der Waals surface area contributed by atoms with Gasteiger partial charge in [0.25, 0.3) is 0 Å². The Kier molecular flexibility index (Phi) is 3.27. The van der Waals surface area contributed by atoms with Crippen molar-refractivity contribution < 1.29 is 0 Å². The van der Waals surface area contributed by atoms with Crippen LogP contribution in [0.3, 0.4) is 0 Å². The summed E-state index contributed by atoms with van der Waals surface area (Å²) in [6.45, 7) is 0. The maximum Gasteiger partial charge on any atom is 0.147 e. The van der Waals surface area contributed by atoms with E-state index in [0.717, 1.165) is 32.8 Å². The Morgan fingerprint density at radius 3 is 2.73 bits per heavy atom. The second kappa shape index (κ2) is 5.42. The highest BCUT2D eigenvalue weighted by atomic mass is 32.1. The number of aromatic nitrogens is 2. The lowest BCUT2D eigenvalue weighted by atomic mass is 10.1. The van der Waals surface area contributed by atoms with Gasteiger partial charge in [-0.25, -0.2) is 9.97 Å². The lowest BCUT2D eigenvalue weighted by molar-refractivity contribution is 1.11. The number of nitrogens with one attached hydrogen (secondary N) is 1. The number of fused-ring (bicyclic) bond motifs is 1. The average Bonchev–Trinajstić information content (AvgIpc) is 3.25. The zero-order chi connectivity index (χ0) is 14.9. The van der Waals surface area contributed by atoms with Gasteiger partial charge >= 0.3 is 0 Å². The SMILES string of the molecule is Nc1ccc(C=Cc2csc3c(NC4CC4)ncnc23)cc1. The van der Waals surface area contributed by atoms with E-state index in [2.05, 4.69) is 32.8 Å². The van der Waals surface area contributed by atoms with Gasteiger partial charge in [-0.2, -0.15) is 0 Å². The zero-order valence-electron chi connectivity index (χ0n) is 12.0. The molecule has 22 heavy (non-hydrogen) atoms. The monoisotopic (exact) mass is 308 g/mol. The Hall–Kier alpha value is -2.40. The van der Waals surface area contributed by atoms with Gasteiger partial charge in [0, 0.05) is 22.7 Å². The van der Waals surface area contributed by atoms with Gasteiger partial charge in [-0.15, -0.1) is 11.3 Å². The Balaban J connectivity index is 1.65. The Labute approximate surface area is 132 Å². The molecular weight excluding hydrogens is 292 g/mol. The van der Waals surface area contributed by atoms with Crippen LogP contribution in [0, 0.1) is 0 Å². The Morgan fingerprint density at radius 1 is 1.14 bits per heavy atom. The predicted molar refractivity (Wildman–Crippen MR) is 93.8 cm³/mol. The van der Waals surface area contributed by atoms with Gasteiger partial charge in [-0.05, 0) is 30.5 Å². The number of hydrogen-bond donors (Lipinski definition) is 2. The van der Waals surface area contributed by atoms with Crippen molar-refractivity contribution in [2.75, 3.05) is 11.1 Å². The van der Waals surface area contributed by atoms with Crippen LogP contribution < -0.4 is 11.1 Å².